The minimum Gasteiger partial charge on any atom is -0.328 e. The summed E-state index contributed by atoms with van der Waals surface area (Å²) in [6.45, 7) is 4.84. The fourth-order valence-electron chi connectivity index (χ4n) is 8.27. The first-order valence-electron chi connectivity index (χ1n) is 12.3. The van der Waals surface area contributed by atoms with E-state index in [0.29, 0.717) is 39.5 Å². The zero-order chi connectivity index (χ0) is 23.0. The summed E-state index contributed by atoms with van der Waals surface area (Å²) in [6.07, 6.45) is 15.5. The van der Waals surface area contributed by atoms with E-state index >= 15 is 0 Å². The molecule has 174 valence electrons. The van der Waals surface area contributed by atoms with Gasteiger partial charge < -0.3 is 9.88 Å². The van der Waals surface area contributed by atoms with E-state index in [4.69, 9.17) is 23.2 Å². The third kappa shape index (κ3) is 3.09. The maximum atomic E-state index is 13.5. The molecular formula is C27H31Cl2N3O. The number of halogens is 2. The van der Waals surface area contributed by atoms with Gasteiger partial charge in [0.1, 0.15) is 5.82 Å². The van der Waals surface area contributed by atoms with Crippen molar-refractivity contribution in [2.24, 2.45) is 34.5 Å². The molecule has 2 heterocycles. The molecule has 1 amide bonds. The molecule has 1 N–H and O–H groups in total. The number of hydrogen-bond acceptors (Lipinski definition) is 2. The van der Waals surface area contributed by atoms with Crippen LogP contribution in [0.5, 0.6) is 0 Å². The number of allylic oxidation sites excluding steroid dienone is 1. The summed E-state index contributed by atoms with van der Waals surface area (Å²) in [4.78, 5) is 18.0. The van der Waals surface area contributed by atoms with Crippen molar-refractivity contribution in [2.45, 2.75) is 58.4 Å². The number of nitrogens with zero attached hydrogens (tertiary/aromatic N) is 2. The largest absolute Gasteiger partial charge is 0.328 e. The lowest BCUT2D eigenvalue weighted by Gasteiger charge is -2.59. The molecule has 0 spiro atoms. The second kappa shape index (κ2) is 7.61. The molecule has 1 unspecified atom stereocenters. The van der Waals surface area contributed by atoms with Gasteiger partial charge in [0.25, 0.3) is 0 Å². The van der Waals surface area contributed by atoms with Crippen molar-refractivity contribution in [3.63, 3.8) is 0 Å². The smallest absolute Gasteiger partial charge is 0.228 e. The summed E-state index contributed by atoms with van der Waals surface area (Å²) < 4.78 is 2.41. The average molecular weight is 484 g/mol. The average Bonchev–Trinajstić information content (AvgIpc) is 3.40. The molecule has 4 aliphatic rings. The van der Waals surface area contributed by atoms with E-state index < -0.39 is 0 Å². The van der Waals surface area contributed by atoms with Crippen molar-refractivity contribution in [1.82, 2.24) is 9.55 Å². The molecule has 7 atom stereocenters. The molecule has 2 aromatic rings. The van der Waals surface area contributed by atoms with Gasteiger partial charge in [-0.3, -0.25) is 4.79 Å². The number of aromatic nitrogens is 2. The molecular weight excluding hydrogens is 453 g/mol. The molecule has 3 saturated carbocycles. The van der Waals surface area contributed by atoms with E-state index in [1.807, 2.05) is 6.20 Å². The molecule has 0 saturated heterocycles. The van der Waals surface area contributed by atoms with Gasteiger partial charge in [0.05, 0.1) is 15.7 Å². The van der Waals surface area contributed by atoms with Crippen molar-refractivity contribution in [2.75, 3.05) is 5.32 Å². The van der Waals surface area contributed by atoms with Crippen LogP contribution < -0.4 is 5.32 Å². The van der Waals surface area contributed by atoms with Crippen molar-refractivity contribution >= 4 is 40.9 Å². The first-order chi connectivity index (χ1) is 15.8. The number of rotatable bonds is 2. The van der Waals surface area contributed by atoms with Gasteiger partial charge >= 0.3 is 0 Å². The van der Waals surface area contributed by atoms with Gasteiger partial charge in [0, 0.05) is 29.8 Å². The minimum absolute atomic E-state index is 0.00321. The maximum absolute atomic E-state index is 13.5. The minimum atomic E-state index is 0.00321. The normalized spacial score (nSPS) is 38.7. The Morgan fingerprint density at radius 1 is 1.09 bits per heavy atom. The molecule has 0 radical (unpaired) electrons. The summed E-state index contributed by atoms with van der Waals surface area (Å²) in [5.41, 5.74) is 0.729. The Morgan fingerprint density at radius 3 is 2.67 bits per heavy atom. The highest BCUT2D eigenvalue weighted by Crippen LogP contribution is 2.67. The van der Waals surface area contributed by atoms with Gasteiger partial charge in [-0.2, -0.15) is 0 Å². The fourth-order valence-corrected chi connectivity index (χ4v) is 8.77. The molecule has 0 bridgehead atoms. The van der Waals surface area contributed by atoms with Gasteiger partial charge in [0.2, 0.25) is 5.91 Å². The van der Waals surface area contributed by atoms with E-state index in [1.165, 1.54) is 19.3 Å². The third-order valence-corrected chi connectivity index (χ3v) is 10.5. The second-order valence-corrected chi connectivity index (χ2v) is 11.9. The monoisotopic (exact) mass is 483 g/mol. The van der Waals surface area contributed by atoms with E-state index in [2.05, 4.69) is 47.1 Å². The lowest BCUT2D eigenvalue weighted by atomic mass is 9.48. The Morgan fingerprint density at radius 2 is 1.88 bits per heavy atom. The lowest BCUT2D eigenvalue weighted by molar-refractivity contribution is -0.127. The predicted octanol–water partition coefficient (Wildman–Crippen LogP) is 7.26. The number of fused-ring (bicyclic) bond motifs is 7. The van der Waals surface area contributed by atoms with Crippen LogP contribution in [0, 0.1) is 34.5 Å². The molecule has 1 aromatic carbocycles. The molecule has 1 aliphatic heterocycles. The number of amides is 1. The highest BCUT2D eigenvalue weighted by atomic mass is 35.5. The maximum Gasteiger partial charge on any atom is 0.228 e. The van der Waals surface area contributed by atoms with Crippen LogP contribution in [-0.2, 0) is 4.79 Å². The Bertz CT molecular complexity index is 1120. The molecule has 6 heteroatoms. The van der Waals surface area contributed by atoms with Crippen LogP contribution in [-0.4, -0.2) is 15.5 Å². The first-order valence-corrected chi connectivity index (χ1v) is 13.1. The van der Waals surface area contributed by atoms with Crippen molar-refractivity contribution in [1.29, 1.82) is 0 Å². The Hall–Kier alpha value is -1.78. The predicted molar refractivity (Wildman–Crippen MR) is 133 cm³/mol. The van der Waals surface area contributed by atoms with Crippen LogP contribution in [0.25, 0.3) is 6.08 Å². The molecule has 6 rings (SSSR count). The summed E-state index contributed by atoms with van der Waals surface area (Å²) in [7, 11) is 0. The molecule has 4 nitrogen and oxygen atoms in total. The van der Waals surface area contributed by atoms with Crippen molar-refractivity contribution in [3.8, 4) is 0 Å². The standard InChI is InChI=1S/C27H31Cl2N3O/c1-26-12-10-18-16(6-9-22-27(18,2)13-11-23-30-14-15-32(22)23)17(26)7-8-19(26)25(33)31-24-20(28)4-3-5-21(24)29/h3-5,11,13-19,22H,6-10,12H2,1-2H3,(H,31,33)/t16-,17-,18-,19+,22?,26-,27+/m0/s1. The summed E-state index contributed by atoms with van der Waals surface area (Å²) in [6, 6.07) is 5.84. The summed E-state index contributed by atoms with van der Waals surface area (Å²) in [5.74, 6) is 3.08. The summed E-state index contributed by atoms with van der Waals surface area (Å²) >= 11 is 12.7. The SMILES string of the molecule is C[C@]12CC[C@H]3[C@@H](CCC4n5ccnc5C=C[C@@]43C)[C@@H]1CC[C@@H]2C(=O)Nc1c(Cl)cccc1Cl. The van der Waals surface area contributed by atoms with E-state index in [9.17, 15) is 4.79 Å². The second-order valence-electron chi connectivity index (χ2n) is 11.1. The first kappa shape index (κ1) is 21.7. The van der Waals surface area contributed by atoms with E-state index in [-0.39, 0.29) is 22.7 Å². The number of para-hydroxylation sites is 1. The molecule has 3 fully saturated rings. The highest BCUT2D eigenvalue weighted by molar-refractivity contribution is 6.39. The number of benzene rings is 1. The quantitative estimate of drug-likeness (QED) is 0.488. The van der Waals surface area contributed by atoms with Gasteiger partial charge in [-0.25, -0.2) is 4.98 Å². The Labute approximate surface area is 205 Å². The van der Waals surface area contributed by atoms with Gasteiger partial charge in [0.15, 0.2) is 0 Å². The van der Waals surface area contributed by atoms with Crippen molar-refractivity contribution < 1.29 is 4.79 Å². The van der Waals surface area contributed by atoms with Crippen LogP contribution in [0.3, 0.4) is 0 Å². The molecule has 1 aromatic heterocycles. The van der Waals surface area contributed by atoms with Crippen molar-refractivity contribution in [3.05, 3.63) is 52.5 Å². The van der Waals surface area contributed by atoms with Crippen LogP contribution in [0.4, 0.5) is 5.69 Å². The zero-order valence-electron chi connectivity index (χ0n) is 19.2. The molecule has 33 heavy (non-hydrogen) atoms. The topological polar surface area (TPSA) is 46.9 Å². The number of carbonyl (C=O) groups excluding carboxylic acids is 1. The number of anilines is 1. The summed E-state index contributed by atoms with van der Waals surface area (Å²) in [5, 5.41) is 4.08. The fraction of sp³-hybridized carbons (Fsp3) is 0.556. The van der Waals surface area contributed by atoms with Crippen LogP contribution in [0.2, 0.25) is 10.0 Å². The third-order valence-electron chi connectivity index (χ3n) is 9.88. The Balaban J connectivity index is 1.26. The lowest BCUT2D eigenvalue weighted by Crippen LogP contribution is -2.53. The zero-order valence-corrected chi connectivity index (χ0v) is 20.7. The highest BCUT2D eigenvalue weighted by Gasteiger charge is 2.61. The van der Waals surface area contributed by atoms with Gasteiger partial charge in [-0.05, 0) is 79.9 Å². The molecule has 3 aliphatic carbocycles. The van der Waals surface area contributed by atoms with E-state index in [1.54, 1.807) is 18.2 Å². The number of carbonyl (C=O) groups is 1. The van der Waals surface area contributed by atoms with Gasteiger partial charge in [-0.1, -0.05) is 49.2 Å². The van der Waals surface area contributed by atoms with Crippen LogP contribution in [0.1, 0.15) is 64.2 Å². The number of nitrogens with one attached hydrogen (secondary N) is 1. The number of imidazole rings is 1. The Kier molecular flexibility index (Phi) is 5.01. The van der Waals surface area contributed by atoms with Crippen LogP contribution in [0.15, 0.2) is 36.7 Å². The van der Waals surface area contributed by atoms with E-state index in [0.717, 1.165) is 25.1 Å². The van der Waals surface area contributed by atoms with Crippen LogP contribution >= 0.6 is 23.2 Å². The number of hydrogen-bond donors (Lipinski definition) is 1. The van der Waals surface area contributed by atoms with Gasteiger partial charge in [-0.15, -0.1) is 0 Å².